The van der Waals surface area contributed by atoms with E-state index in [4.69, 9.17) is 0 Å². The molecular weight excluding hydrogens is 264 g/mol. The number of ketones is 1. The van der Waals surface area contributed by atoms with Crippen molar-refractivity contribution in [3.63, 3.8) is 0 Å². The SMILES string of the molecule is CSc1cnc(C(=O)c2ccccc2)c(SC)n1. The smallest absolute Gasteiger partial charge is 0.214 e. The maximum absolute atomic E-state index is 12.3. The lowest BCUT2D eigenvalue weighted by Crippen LogP contribution is -2.07. The van der Waals surface area contributed by atoms with Crippen LogP contribution in [0.15, 0.2) is 46.6 Å². The Morgan fingerprint density at radius 3 is 2.44 bits per heavy atom. The van der Waals surface area contributed by atoms with Crippen molar-refractivity contribution in [2.24, 2.45) is 0 Å². The van der Waals surface area contributed by atoms with E-state index in [1.807, 2.05) is 30.7 Å². The number of hydrogen-bond donors (Lipinski definition) is 0. The molecule has 0 aliphatic carbocycles. The molecule has 3 nitrogen and oxygen atoms in total. The van der Waals surface area contributed by atoms with Gasteiger partial charge in [0.2, 0.25) is 5.78 Å². The lowest BCUT2D eigenvalue weighted by Gasteiger charge is -2.06. The van der Waals surface area contributed by atoms with Crippen LogP contribution in [-0.4, -0.2) is 28.3 Å². The zero-order valence-corrected chi connectivity index (χ0v) is 11.7. The Hall–Kier alpha value is -1.33. The molecule has 0 N–H and O–H groups in total. The molecule has 1 aromatic heterocycles. The fourth-order valence-electron chi connectivity index (χ4n) is 1.48. The van der Waals surface area contributed by atoms with Crippen LogP contribution in [0.25, 0.3) is 0 Å². The van der Waals surface area contributed by atoms with Crippen molar-refractivity contribution in [1.29, 1.82) is 0 Å². The molecule has 5 heteroatoms. The Kier molecular flexibility index (Phi) is 4.38. The van der Waals surface area contributed by atoms with Crippen molar-refractivity contribution in [1.82, 2.24) is 9.97 Å². The van der Waals surface area contributed by atoms with Crippen molar-refractivity contribution < 1.29 is 4.79 Å². The van der Waals surface area contributed by atoms with Crippen LogP contribution in [-0.2, 0) is 0 Å². The summed E-state index contributed by atoms with van der Waals surface area (Å²) in [5.41, 5.74) is 1.06. The first kappa shape index (κ1) is 13.1. The predicted octanol–water partition coefficient (Wildman–Crippen LogP) is 3.15. The fraction of sp³-hybridized carbons (Fsp3) is 0.154. The van der Waals surface area contributed by atoms with Crippen LogP contribution in [0.4, 0.5) is 0 Å². The number of benzene rings is 1. The van der Waals surface area contributed by atoms with E-state index in [1.165, 1.54) is 23.5 Å². The average Bonchev–Trinajstić information content (AvgIpc) is 2.46. The van der Waals surface area contributed by atoms with E-state index >= 15 is 0 Å². The second kappa shape index (κ2) is 6.02. The molecule has 0 saturated carbocycles. The van der Waals surface area contributed by atoms with E-state index < -0.39 is 0 Å². The van der Waals surface area contributed by atoms with Crippen molar-refractivity contribution in [3.05, 3.63) is 47.8 Å². The number of hydrogen-bond acceptors (Lipinski definition) is 5. The highest BCUT2D eigenvalue weighted by atomic mass is 32.2. The molecule has 2 rings (SSSR count). The first-order valence-corrected chi connectivity index (χ1v) is 7.76. The highest BCUT2D eigenvalue weighted by Crippen LogP contribution is 2.22. The summed E-state index contributed by atoms with van der Waals surface area (Å²) in [4.78, 5) is 20.9. The number of thioether (sulfide) groups is 2. The molecule has 0 bridgehead atoms. The first-order chi connectivity index (χ1) is 8.76. The largest absolute Gasteiger partial charge is 0.287 e. The molecule has 0 aliphatic heterocycles. The summed E-state index contributed by atoms with van der Waals surface area (Å²) in [5.74, 6) is -0.0832. The Balaban J connectivity index is 2.42. The standard InChI is InChI=1S/C13H12N2OS2/c1-17-10-8-14-11(13(15-10)18-2)12(16)9-6-4-3-5-7-9/h3-8H,1-2H3. The number of aromatic nitrogens is 2. The third-order valence-electron chi connectivity index (χ3n) is 2.37. The van der Waals surface area contributed by atoms with E-state index in [0.717, 1.165) is 5.03 Å². The van der Waals surface area contributed by atoms with Gasteiger partial charge in [0.1, 0.15) is 15.7 Å². The first-order valence-electron chi connectivity index (χ1n) is 5.31. The second-order valence-electron chi connectivity index (χ2n) is 3.47. The van der Waals surface area contributed by atoms with E-state index in [2.05, 4.69) is 9.97 Å². The molecule has 0 spiro atoms. The third-order valence-corrected chi connectivity index (χ3v) is 3.66. The fourth-order valence-corrected chi connectivity index (χ4v) is 2.41. The highest BCUT2D eigenvalue weighted by molar-refractivity contribution is 7.99. The minimum atomic E-state index is -0.0832. The van der Waals surface area contributed by atoms with Gasteiger partial charge in [-0.3, -0.25) is 4.79 Å². The van der Waals surface area contributed by atoms with Gasteiger partial charge in [-0.2, -0.15) is 0 Å². The molecule has 0 aliphatic rings. The van der Waals surface area contributed by atoms with E-state index in [1.54, 1.807) is 18.3 Å². The Morgan fingerprint density at radius 1 is 1.11 bits per heavy atom. The lowest BCUT2D eigenvalue weighted by atomic mass is 10.1. The van der Waals surface area contributed by atoms with Gasteiger partial charge >= 0.3 is 0 Å². The van der Waals surface area contributed by atoms with Gasteiger partial charge in [-0.05, 0) is 12.5 Å². The Bertz CT molecular complexity index is 558. The van der Waals surface area contributed by atoms with Crippen molar-refractivity contribution in [2.75, 3.05) is 12.5 Å². The third kappa shape index (κ3) is 2.73. The topological polar surface area (TPSA) is 42.9 Å². The summed E-state index contributed by atoms with van der Waals surface area (Å²) in [6, 6.07) is 9.15. The monoisotopic (exact) mass is 276 g/mol. The Labute approximate surface area is 114 Å². The summed E-state index contributed by atoms with van der Waals surface area (Å²) in [6.45, 7) is 0. The summed E-state index contributed by atoms with van der Waals surface area (Å²) in [5, 5.41) is 1.50. The minimum absolute atomic E-state index is 0.0832. The maximum Gasteiger partial charge on any atom is 0.214 e. The predicted molar refractivity (Wildman–Crippen MR) is 75.5 cm³/mol. The molecule has 0 radical (unpaired) electrons. The molecular formula is C13H12N2OS2. The summed E-state index contributed by atoms with van der Waals surface area (Å²) in [6.07, 6.45) is 5.48. The van der Waals surface area contributed by atoms with Crippen LogP contribution >= 0.6 is 23.5 Å². The number of carbonyl (C=O) groups excluding carboxylic acids is 1. The van der Waals surface area contributed by atoms with Gasteiger partial charge in [0.25, 0.3) is 0 Å². The maximum atomic E-state index is 12.3. The van der Waals surface area contributed by atoms with Gasteiger partial charge in [-0.1, -0.05) is 30.3 Å². The van der Waals surface area contributed by atoms with Gasteiger partial charge in [0.15, 0.2) is 0 Å². The molecule has 0 unspecified atom stereocenters. The minimum Gasteiger partial charge on any atom is -0.287 e. The van der Waals surface area contributed by atoms with E-state index in [0.29, 0.717) is 16.3 Å². The zero-order valence-electron chi connectivity index (χ0n) is 10.1. The van der Waals surface area contributed by atoms with Crippen LogP contribution < -0.4 is 0 Å². The van der Waals surface area contributed by atoms with Gasteiger partial charge in [-0.15, -0.1) is 23.5 Å². The normalized spacial score (nSPS) is 10.3. The molecule has 0 amide bonds. The van der Waals surface area contributed by atoms with Crippen LogP contribution in [0, 0.1) is 0 Å². The molecule has 2 aromatic rings. The van der Waals surface area contributed by atoms with Crippen LogP contribution in [0.2, 0.25) is 0 Å². The highest BCUT2D eigenvalue weighted by Gasteiger charge is 2.16. The van der Waals surface area contributed by atoms with E-state index in [9.17, 15) is 4.79 Å². The van der Waals surface area contributed by atoms with E-state index in [-0.39, 0.29) is 5.78 Å². The molecule has 1 aromatic carbocycles. The molecule has 0 atom stereocenters. The van der Waals surface area contributed by atoms with Gasteiger partial charge < -0.3 is 0 Å². The van der Waals surface area contributed by atoms with Gasteiger partial charge in [-0.25, -0.2) is 9.97 Å². The van der Waals surface area contributed by atoms with Crippen LogP contribution in [0.1, 0.15) is 16.1 Å². The van der Waals surface area contributed by atoms with Crippen LogP contribution in [0.3, 0.4) is 0 Å². The molecule has 1 heterocycles. The van der Waals surface area contributed by atoms with Crippen LogP contribution in [0.5, 0.6) is 0 Å². The molecule has 0 fully saturated rings. The molecule has 92 valence electrons. The van der Waals surface area contributed by atoms with Crippen molar-refractivity contribution in [3.8, 4) is 0 Å². The zero-order chi connectivity index (χ0) is 13.0. The summed E-state index contributed by atoms with van der Waals surface area (Å²) >= 11 is 2.96. The Morgan fingerprint density at radius 2 is 1.83 bits per heavy atom. The van der Waals surface area contributed by atoms with Gasteiger partial charge in [0.05, 0.1) is 6.20 Å². The summed E-state index contributed by atoms with van der Waals surface area (Å²) in [7, 11) is 0. The number of nitrogens with zero attached hydrogens (tertiary/aromatic N) is 2. The number of rotatable bonds is 4. The van der Waals surface area contributed by atoms with Crippen molar-refractivity contribution >= 4 is 29.3 Å². The molecule has 18 heavy (non-hydrogen) atoms. The van der Waals surface area contributed by atoms with Gasteiger partial charge in [0, 0.05) is 5.56 Å². The quantitative estimate of drug-likeness (QED) is 0.634. The van der Waals surface area contributed by atoms with Crippen molar-refractivity contribution in [2.45, 2.75) is 10.1 Å². The number of carbonyl (C=O) groups is 1. The molecule has 0 saturated heterocycles. The average molecular weight is 276 g/mol. The second-order valence-corrected chi connectivity index (χ2v) is 5.09. The lowest BCUT2D eigenvalue weighted by molar-refractivity contribution is 0.103. The summed E-state index contributed by atoms with van der Waals surface area (Å²) < 4.78 is 0.